The molecule has 0 unspecified atom stereocenters. The summed E-state index contributed by atoms with van der Waals surface area (Å²) in [5.41, 5.74) is 1.24. The summed E-state index contributed by atoms with van der Waals surface area (Å²) in [6.07, 6.45) is 1.53. The van der Waals surface area contributed by atoms with Crippen molar-refractivity contribution in [1.29, 1.82) is 0 Å². The molecule has 3 rings (SSSR count). The highest BCUT2D eigenvalue weighted by molar-refractivity contribution is 6.34. The molecule has 0 spiro atoms. The smallest absolute Gasteiger partial charge is 0.180 e. The molecule has 3 nitrogen and oxygen atoms in total. The van der Waals surface area contributed by atoms with Gasteiger partial charge in [0.1, 0.15) is 5.92 Å². The highest BCUT2D eigenvalue weighted by Crippen LogP contribution is 2.35. The third-order valence-corrected chi connectivity index (χ3v) is 3.36. The SMILES string of the molecule is O=C1c2ccccc2C(=O)C1c1ncccc1Cl. The highest BCUT2D eigenvalue weighted by atomic mass is 35.5. The molecular formula is C14H8ClNO2. The predicted octanol–water partition coefficient (Wildman–Crippen LogP) is 2.90. The van der Waals surface area contributed by atoms with E-state index in [9.17, 15) is 9.59 Å². The van der Waals surface area contributed by atoms with Crippen LogP contribution in [0.1, 0.15) is 32.3 Å². The van der Waals surface area contributed by atoms with Gasteiger partial charge in [0, 0.05) is 17.3 Å². The van der Waals surface area contributed by atoms with Crippen molar-refractivity contribution in [3.63, 3.8) is 0 Å². The summed E-state index contributed by atoms with van der Waals surface area (Å²) < 4.78 is 0. The lowest BCUT2D eigenvalue weighted by molar-refractivity contribution is 0.0888. The van der Waals surface area contributed by atoms with Gasteiger partial charge in [-0.2, -0.15) is 0 Å². The zero-order chi connectivity index (χ0) is 12.7. The third kappa shape index (κ3) is 1.48. The van der Waals surface area contributed by atoms with Crippen molar-refractivity contribution >= 4 is 23.2 Å². The van der Waals surface area contributed by atoms with E-state index in [1.807, 2.05) is 0 Å². The maximum atomic E-state index is 12.2. The van der Waals surface area contributed by atoms with Crippen molar-refractivity contribution in [1.82, 2.24) is 4.98 Å². The van der Waals surface area contributed by atoms with E-state index in [2.05, 4.69) is 4.98 Å². The van der Waals surface area contributed by atoms with E-state index in [1.165, 1.54) is 6.20 Å². The van der Waals surface area contributed by atoms with E-state index in [4.69, 9.17) is 11.6 Å². The number of ketones is 2. The van der Waals surface area contributed by atoms with E-state index in [-0.39, 0.29) is 11.6 Å². The van der Waals surface area contributed by atoms with Crippen LogP contribution in [0.2, 0.25) is 5.02 Å². The number of rotatable bonds is 1. The van der Waals surface area contributed by atoms with E-state index >= 15 is 0 Å². The molecule has 0 atom stereocenters. The third-order valence-electron chi connectivity index (χ3n) is 3.04. The van der Waals surface area contributed by atoms with Crippen LogP contribution in [0.4, 0.5) is 0 Å². The van der Waals surface area contributed by atoms with Gasteiger partial charge in [0.25, 0.3) is 0 Å². The predicted molar refractivity (Wildman–Crippen MR) is 67.1 cm³/mol. The lowest BCUT2D eigenvalue weighted by Gasteiger charge is -2.07. The van der Waals surface area contributed by atoms with Crippen LogP contribution < -0.4 is 0 Å². The number of Topliss-reactive ketones (excluding diaryl/α,β-unsaturated/α-hetero) is 2. The Labute approximate surface area is 108 Å². The first-order chi connectivity index (χ1) is 8.70. The summed E-state index contributed by atoms with van der Waals surface area (Å²) in [5, 5.41) is 0.344. The second-order valence-electron chi connectivity index (χ2n) is 4.08. The van der Waals surface area contributed by atoms with Gasteiger partial charge in [-0.25, -0.2) is 0 Å². The maximum absolute atomic E-state index is 12.2. The molecule has 0 saturated heterocycles. The number of hydrogen-bond donors (Lipinski definition) is 0. The Hall–Kier alpha value is -2.00. The molecule has 1 heterocycles. The number of halogens is 1. The lowest BCUT2D eigenvalue weighted by Crippen LogP contribution is -2.14. The molecule has 0 amide bonds. The molecule has 1 aliphatic carbocycles. The first kappa shape index (κ1) is 11.1. The summed E-state index contributed by atoms with van der Waals surface area (Å²) in [6, 6.07) is 10.1. The largest absolute Gasteiger partial charge is 0.293 e. The van der Waals surface area contributed by atoms with Crippen LogP contribution in [0.5, 0.6) is 0 Å². The van der Waals surface area contributed by atoms with Crippen LogP contribution in [0.25, 0.3) is 0 Å². The van der Waals surface area contributed by atoms with Crippen molar-refractivity contribution in [3.05, 3.63) is 64.4 Å². The van der Waals surface area contributed by atoms with Crippen LogP contribution in [-0.4, -0.2) is 16.6 Å². The molecule has 0 N–H and O–H groups in total. The Morgan fingerprint density at radius 1 is 0.944 bits per heavy atom. The fraction of sp³-hybridized carbons (Fsp3) is 0.0714. The molecule has 0 bridgehead atoms. The fourth-order valence-corrected chi connectivity index (χ4v) is 2.43. The standard InChI is InChI=1S/C14H8ClNO2/c15-10-6-3-7-16-12(10)11-13(17)8-4-1-2-5-9(8)14(11)18/h1-7,11H. The van der Waals surface area contributed by atoms with Crippen molar-refractivity contribution in [2.75, 3.05) is 0 Å². The van der Waals surface area contributed by atoms with Gasteiger partial charge >= 0.3 is 0 Å². The Bertz CT molecular complexity index is 631. The van der Waals surface area contributed by atoms with Crippen LogP contribution in [0.3, 0.4) is 0 Å². The van der Waals surface area contributed by atoms with Gasteiger partial charge in [0.15, 0.2) is 11.6 Å². The molecule has 1 aromatic carbocycles. The van der Waals surface area contributed by atoms with Gasteiger partial charge in [0.2, 0.25) is 0 Å². The van der Waals surface area contributed by atoms with E-state index in [0.29, 0.717) is 21.8 Å². The first-order valence-electron chi connectivity index (χ1n) is 5.48. The first-order valence-corrected chi connectivity index (χ1v) is 5.86. The molecule has 0 aliphatic heterocycles. The molecular weight excluding hydrogens is 250 g/mol. The van der Waals surface area contributed by atoms with E-state index < -0.39 is 5.92 Å². The quantitative estimate of drug-likeness (QED) is 0.738. The minimum absolute atomic E-state index is 0.226. The minimum Gasteiger partial charge on any atom is -0.293 e. The molecule has 1 aliphatic rings. The van der Waals surface area contributed by atoms with Crippen molar-refractivity contribution in [2.45, 2.75) is 5.92 Å². The number of hydrogen-bond acceptors (Lipinski definition) is 3. The molecule has 1 aromatic heterocycles. The molecule has 2 aromatic rings. The van der Waals surface area contributed by atoms with Gasteiger partial charge in [0.05, 0.1) is 10.7 Å². The molecule has 0 saturated carbocycles. The molecule has 0 radical (unpaired) electrons. The number of benzene rings is 1. The lowest BCUT2D eigenvalue weighted by atomic mass is 9.99. The number of fused-ring (bicyclic) bond motifs is 1. The van der Waals surface area contributed by atoms with Crippen molar-refractivity contribution in [3.8, 4) is 0 Å². The maximum Gasteiger partial charge on any atom is 0.180 e. The molecule has 0 fully saturated rings. The Morgan fingerprint density at radius 2 is 1.56 bits per heavy atom. The van der Waals surface area contributed by atoms with Crippen LogP contribution in [0, 0.1) is 0 Å². The average molecular weight is 258 g/mol. The molecule has 4 heteroatoms. The van der Waals surface area contributed by atoms with Gasteiger partial charge in [-0.05, 0) is 12.1 Å². The number of carbonyl (C=O) groups is 2. The number of pyridine rings is 1. The van der Waals surface area contributed by atoms with Crippen LogP contribution in [0.15, 0.2) is 42.6 Å². The van der Waals surface area contributed by atoms with Gasteiger partial charge in [-0.1, -0.05) is 35.9 Å². The Kier molecular flexibility index (Phi) is 2.49. The topological polar surface area (TPSA) is 47.0 Å². The van der Waals surface area contributed by atoms with Gasteiger partial charge in [-0.3, -0.25) is 14.6 Å². The Balaban J connectivity index is 2.16. The van der Waals surface area contributed by atoms with Crippen LogP contribution >= 0.6 is 11.6 Å². The van der Waals surface area contributed by atoms with Crippen LogP contribution in [-0.2, 0) is 0 Å². The highest BCUT2D eigenvalue weighted by Gasteiger charge is 2.41. The second kappa shape index (κ2) is 4.03. The number of aromatic nitrogens is 1. The number of carbonyl (C=O) groups excluding carboxylic acids is 2. The molecule has 18 heavy (non-hydrogen) atoms. The summed E-state index contributed by atoms with van der Waals surface area (Å²) in [6.45, 7) is 0. The monoisotopic (exact) mass is 257 g/mol. The Morgan fingerprint density at radius 3 is 2.11 bits per heavy atom. The fourth-order valence-electron chi connectivity index (χ4n) is 2.20. The summed E-state index contributed by atoms with van der Waals surface area (Å²) >= 11 is 6.01. The average Bonchev–Trinajstić information content (AvgIpc) is 2.64. The zero-order valence-corrected chi connectivity index (χ0v) is 10.0. The summed E-state index contributed by atoms with van der Waals surface area (Å²) in [7, 11) is 0. The zero-order valence-electron chi connectivity index (χ0n) is 9.26. The summed E-state index contributed by atoms with van der Waals surface area (Å²) in [4.78, 5) is 28.6. The van der Waals surface area contributed by atoms with Crippen molar-refractivity contribution in [2.24, 2.45) is 0 Å². The van der Waals surface area contributed by atoms with Crippen molar-refractivity contribution < 1.29 is 9.59 Å². The minimum atomic E-state index is -0.893. The van der Waals surface area contributed by atoms with Gasteiger partial charge in [-0.15, -0.1) is 0 Å². The molecule has 88 valence electrons. The summed E-state index contributed by atoms with van der Waals surface area (Å²) in [5.74, 6) is -1.34. The second-order valence-corrected chi connectivity index (χ2v) is 4.48. The van der Waals surface area contributed by atoms with E-state index in [1.54, 1.807) is 36.4 Å². The van der Waals surface area contributed by atoms with Gasteiger partial charge < -0.3 is 0 Å². The normalized spacial score (nSPS) is 14.9. The number of nitrogens with zero attached hydrogens (tertiary/aromatic N) is 1. The van der Waals surface area contributed by atoms with E-state index in [0.717, 1.165) is 0 Å².